The molecule has 82 valence electrons. The summed E-state index contributed by atoms with van der Waals surface area (Å²) < 4.78 is 0. The highest BCUT2D eigenvalue weighted by Crippen LogP contribution is 2.26. The highest BCUT2D eigenvalue weighted by Gasteiger charge is 2.01. The van der Waals surface area contributed by atoms with Gasteiger partial charge in [0.2, 0.25) is 0 Å². The lowest BCUT2D eigenvalue weighted by molar-refractivity contribution is 0.403. The fourth-order valence-corrected chi connectivity index (χ4v) is 1.55. The maximum atomic E-state index is 9.35. The Morgan fingerprint density at radius 1 is 0.812 bits per heavy atom. The number of nitrogens with two attached hydrogens (primary N) is 1. The van der Waals surface area contributed by atoms with Crippen molar-refractivity contribution in [2.24, 2.45) is 0 Å². The van der Waals surface area contributed by atoms with Crippen LogP contribution < -0.4 is 5.73 Å². The first-order chi connectivity index (χ1) is 7.65. The molecule has 2 rings (SSSR count). The molecule has 0 unspecified atom stereocenters. The Kier molecular flexibility index (Phi) is 2.68. The lowest BCUT2D eigenvalue weighted by Crippen LogP contribution is -1.89. The Hall–Kier alpha value is -2.16. The molecule has 0 heterocycles. The van der Waals surface area contributed by atoms with Gasteiger partial charge in [-0.2, -0.15) is 0 Å². The normalized spacial score (nSPS) is 10.2. The molecule has 16 heavy (non-hydrogen) atoms. The van der Waals surface area contributed by atoms with Crippen molar-refractivity contribution in [1.29, 1.82) is 0 Å². The molecule has 3 heteroatoms. The maximum absolute atomic E-state index is 9.35. The minimum atomic E-state index is -0.0962. The van der Waals surface area contributed by atoms with Gasteiger partial charge in [0.05, 0.1) is 0 Å². The molecule has 0 radical (unpaired) electrons. The number of phenolic OH excluding ortho intramolecular Hbond substituents is 2. The Labute approximate surface area is 93.8 Å². The Morgan fingerprint density at radius 3 is 2.06 bits per heavy atom. The minimum Gasteiger partial charge on any atom is -0.504 e. The molecule has 0 aromatic heterocycles. The van der Waals surface area contributed by atoms with E-state index in [2.05, 4.69) is 0 Å². The van der Waals surface area contributed by atoms with Crippen molar-refractivity contribution >= 4 is 5.69 Å². The number of benzene rings is 2. The van der Waals surface area contributed by atoms with Crippen LogP contribution in [0.3, 0.4) is 0 Å². The molecule has 3 nitrogen and oxygen atoms in total. The highest BCUT2D eigenvalue weighted by molar-refractivity contribution is 5.44. The Morgan fingerprint density at radius 2 is 1.44 bits per heavy atom. The number of aromatic hydroxyl groups is 2. The molecule has 0 saturated carbocycles. The van der Waals surface area contributed by atoms with Crippen LogP contribution in [0.5, 0.6) is 11.5 Å². The van der Waals surface area contributed by atoms with E-state index in [-0.39, 0.29) is 11.5 Å². The standard InChI is InChI=1S/C13H13NO2/c14-11-4-1-9(2-5-11)7-10-3-6-12(15)13(16)8-10/h1-6,8,15-16H,7,14H2. The van der Waals surface area contributed by atoms with Gasteiger partial charge >= 0.3 is 0 Å². The number of phenols is 2. The first-order valence-corrected chi connectivity index (χ1v) is 5.00. The van der Waals surface area contributed by atoms with Crippen molar-refractivity contribution in [2.75, 3.05) is 5.73 Å². The molecule has 0 aliphatic heterocycles. The fourth-order valence-electron chi connectivity index (χ4n) is 1.55. The number of anilines is 1. The third-order valence-electron chi connectivity index (χ3n) is 2.43. The van der Waals surface area contributed by atoms with Gasteiger partial charge in [0.15, 0.2) is 11.5 Å². The number of hydrogen-bond acceptors (Lipinski definition) is 3. The third kappa shape index (κ3) is 2.25. The molecule has 0 saturated heterocycles. The van der Waals surface area contributed by atoms with E-state index in [9.17, 15) is 10.2 Å². The molecule has 2 aromatic rings. The van der Waals surface area contributed by atoms with Crippen LogP contribution in [0.15, 0.2) is 42.5 Å². The molecular weight excluding hydrogens is 202 g/mol. The molecule has 4 N–H and O–H groups in total. The second kappa shape index (κ2) is 4.14. The summed E-state index contributed by atoms with van der Waals surface area (Å²) in [4.78, 5) is 0. The molecule has 0 atom stereocenters. The zero-order valence-electron chi connectivity index (χ0n) is 8.72. The fraction of sp³-hybridized carbons (Fsp3) is 0.0769. The second-order valence-corrected chi connectivity index (χ2v) is 3.74. The van der Waals surface area contributed by atoms with Gasteiger partial charge in [-0.15, -0.1) is 0 Å². The van der Waals surface area contributed by atoms with Crippen molar-refractivity contribution in [3.8, 4) is 11.5 Å². The molecule has 0 aliphatic rings. The number of nitrogen functional groups attached to an aromatic ring is 1. The summed E-state index contributed by atoms with van der Waals surface area (Å²) in [5.74, 6) is -0.186. The van der Waals surface area contributed by atoms with Gasteiger partial charge < -0.3 is 15.9 Å². The van der Waals surface area contributed by atoms with Crippen LogP contribution >= 0.6 is 0 Å². The summed E-state index contributed by atoms with van der Waals surface area (Å²) in [7, 11) is 0. The van der Waals surface area contributed by atoms with E-state index in [0.717, 1.165) is 16.8 Å². The molecule has 0 fully saturated rings. The van der Waals surface area contributed by atoms with Crippen molar-refractivity contribution in [2.45, 2.75) is 6.42 Å². The van der Waals surface area contributed by atoms with Crippen LogP contribution in [-0.2, 0) is 6.42 Å². The van der Waals surface area contributed by atoms with Gasteiger partial charge in [0.1, 0.15) is 0 Å². The SMILES string of the molecule is Nc1ccc(Cc2ccc(O)c(O)c2)cc1. The maximum Gasteiger partial charge on any atom is 0.157 e. The smallest absolute Gasteiger partial charge is 0.157 e. The largest absolute Gasteiger partial charge is 0.504 e. The molecular formula is C13H13NO2. The van der Waals surface area contributed by atoms with E-state index < -0.39 is 0 Å². The Bertz CT molecular complexity index is 492. The van der Waals surface area contributed by atoms with Crippen LogP contribution in [0.4, 0.5) is 5.69 Å². The van der Waals surface area contributed by atoms with E-state index in [1.165, 1.54) is 6.07 Å². The lowest BCUT2D eigenvalue weighted by atomic mass is 10.0. The summed E-state index contributed by atoms with van der Waals surface area (Å²) in [6.07, 6.45) is 0.702. The third-order valence-corrected chi connectivity index (χ3v) is 2.43. The number of hydrogen-bond donors (Lipinski definition) is 3. The summed E-state index contributed by atoms with van der Waals surface area (Å²) in [5, 5.41) is 18.5. The van der Waals surface area contributed by atoms with Crippen molar-refractivity contribution in [3.05, 3.63) is 53.6 Å². The van der Waals surface area contributed by atoms with Crippen molar-refractivity contribution < 1.29 is 10.2 Å². The van der Waals surface area contributed by atoms with Crippen LogP contribution in [0, 0.1) is 0 Å². The van der Waals surface area contributed by atoms with Crippen molar-refractivity contribution in [3.63, 3.8) is 0 Å². The van der Waals surface area contributed by atoms with E-state index in [1.807, 2.05) is 24.3 Å². The van der Waals surface area contributed by atoms with Gasteiger partial charge in [0.25, 0.3) is 0 Å². The van der Waals surface area contributed by atoms with Gasteiger partial charge in [-0.1, -0.05) is 18.2 Å². The molecule has 0 spiro atoms. The summed E-state index contributed by atoms with van der Waals surface area (Å²) >= 11 is 0. The monoisotopic (exact) mass is 215 g/mol. The van der Waals surface area contributed by atoms with E-state index in [4.69, 9.17) is 5.73 Å². The predicted molar refractivity (Wildman–Crippen MR) is 63.4 cm³/mol. The molecule has 0 bridgehead atoms. The van der Waals surface area contributed by atoms with Crippen LogP contribution in [0.2, 0.25) is 0 Å². The second-order valence-electron chi connectivity index (χ2n) is 3.74. The van der Waals surface area contributed by atoms with Gasteiger partial charge in [0, 0.05) is 5.69 Å². The first kappa shape index (κ1) is 10.4. The summed E-state index contributed by atoms with van der Waals surface area (Å²) in [5.41, 5.74) is 8.38. The number of rotatable bonds is 2. The van der Waals surface area contributed by atoms with E-state index in [0.29, 0.717) is 6.42 Å². The summed E-state index contributed by atoms with van der Waals surface area (Å²) in [6.45, 7) is 0. The average molecular weight is 215 g/mol. The van der Waals surface area contributed by atoms with E-state index in [1.54, 1.807) is 12.1 Å². The van der Waals surface area contributed by atoms with Gasteiger partial charge in [-0.05, 0) is 41.8 Å². The highest BCUT2D eigenvalue weighted by atomic mass is 16.3. The quantitative estimate of drug-likeness (QED) is 0.531. The Balaban J connectivity index is 2.20. The van der Waals surface area contributed by atoms with Crippen LogP contribution in [0.1, 0.15) is 11.1 Å². The van der Waals surface area contributed by atoms with Crippen LogP contribution in [0.25, 0.3) is 0 Å². The van der Waals surface area contributed by atoms with Crippen molar-refractivity contribution in [1.82, 2.24) is 0 Å². The average Bonchev–Trinajstić information content (AvgIpc) is 2.27. The zero-order chi connectivity index (χ0) is 11.5. The first-order valence-electron chi connectivity index (χ1n) is 5.00. The topological polar surface area (TPSA) is 66.5 Å². The van der Waals surface area contributed by atoms with E-state index >= 15 is 0 Å². The van der Waals surface area contributed by atoms with Gasteiger partial charge in [-0.25, -0.2) is 0 Å². The summed E-state index contributed by atoms with van der Waals surface area (Å²) in [6, 6.07) is 12.4. The van der Waals surface area contributed by atoms with Gasteiger partial charge in [-0.3, -0.25) is 0 Å². The van der Waals surface area contributed by atoms with Crippen LogP contribution in [-0.4, -0.2) is 10.2 Å². The molecule has 0 amide bonds. The lowest BCUT2D eigenvalue weighted by Gasteiger charge is -2.04. The molecule has 0 aliphatic carbocycles. The zero-order valence-corrected chi connectivity index (χ0v) is 8.72. The predicted octanol–water partition coefficient (Wildman–Crippen LogP) is 2.27. The molecule has 2 aromatic carbocycles. The minimum absolute atomic E-state index is 0.0899.